The third-order valence-corrected chi connectivity index (χ3v) is 12.8. The van der Waals surface area contributed by atoms with Crippen molar-refractivity contribution in [2.24, 2.45) is 5.92 Å². The summed E-state index contributed by atoms with van der Waals surface area (Å²) in [4.78, 5) is 58.2. The van der Waals surface area contributed by atoms with E-state index in [1.54, 1.807) is 45.9 Å². The first-order valence-electron chi connectivity index (χ1n) is 20.0. The average molecular weight is 809 g/mol. The Kier molecular flexibility index (Phi) is 11.4. The van der Waals surface area contributed by atoms with Crippen LogP contribution in [0.5, 0.6) is 0 Å². The van der Waals surface area contributed by atoms with Gasteiger partial charge in [-0.25, -0.2) is 17.9 Å². The van der Waals surface area contributed by atoms with E-state index in [9.17, 15) is 27.6 Å². The van der Waals surface area contributed by atoms with Crippen molar-refractivity contribution >= 4 is 55.4 Å². The van der Waals surface area contributed by atoms with Gasteiger partial charge < -0.3 is 25.0 Å². The minimum Gasteiger partial charge on any atom is -0.444 e. The second-order valence-corrected chi connectivity index (χ2v) is 18.6. The number of allylic oxidation sites excluding steroid dienone is 1. The summed E-state index contributed by atoms with van der Waals surface area (Å²) in [5, 5.41) is 9.91. The molecule has 1 saturated carbocycles. The summed E-state index contributed by atoms with van der Waals surface area (Å²) in [6.07, 6.45) is 5.86. The lowest BCUT2D eigenvalue weighted by Crippen LogP contribution is -2.63. The van der Waals surface area contributed by atoms with Gasteiger partial charge in [-0.3, -0.25) is 14.4 Å². The molecule has 2 fully saturated rings. The topological polar surface area (TPSA) is 160 Å². The molecule has 2 aliphatic heterocycles. The fourth-order valence-corrected chi connectivity index (χ4v) is 9.34. The van der Waals surface area contributed by atoms with Crippen molar-refractivity contribution < 1.29 is 37.1 Å². The van der Waals surface area contributed by atoms with Crippen LogP contribution >= 0.6 is 0 Å². The van der Waals surface area contributed by atoms with Crippen LogP contribution in [0.3, 0.4) is 0 Å². The number of nitrogens with one attached hydrogen (secondary N) is 3. The molecule has 0 spiro atoms. The molecule has 4 aromatic rings. The molecule has 7 rings (SSSR count). The number of carbonyl (C=O) groups excluding carboxylic acids is 4. The maximum atomic E-state index is 14.8. The zero-order valence-corrected chi connectivity index (χ0v) is 34.3. The van der Waals surface area contributed by atoms with E-state index in [2.05, 4.69) is 33.6 Å². The number of fused-ring (bicyclic) bond motifs is 4. The molecule has 1 saturated heterocycles. The van der Waals surface area contributed by atoms with Crippen molar-refractivity contribution in [2.75, 3.05) is 6.54 Å². The lowest BCUT2D eigenvalue weighted by molar-refractivity contribution is -0.146. The summed E-state index contributed by atoms with van der Waals surface area (Å²) in [5.41, 5.74) is -2.97. The van der Waals surface area contributed by atoms with E-state index < -0.39 is 68.6 Å². The van der Waals surface area contributed by atoms with E-state index >= 15 is 0 Å². The smallest absolute Gasteiger partial charge is 0.408 e. The van der Waals surface area contributed by atoms with E-state index in [1.165, 1.54) is 17.0 Å². The molecule has 13 heteroatoms. The highest BCUT2D eigenvalue weighted by Crippen LogP contribution is 2.47. The van der Waals surface area contributed by atoms with Crippen LogP contribution in [0.4, 0.5) is 4.79 Å². The standard InChI is InChI=1S/C45H52N4O8S/c1-43(2,3)57-42(53)46-38-24-12-7-5-6-9-19-32-26-45(32,41(52)48-58(54,55)34-20-10-8-11-21-34)47-40(51)44(4)27-33(28-49(44)39(38)50)56-29-37-35-22-15-13-17-30(35)25-31-18-14-16-23-36(31)37/h8-11,13-23,25,32-33,38H,5-7,12,24,26-29H2,1-4H3,(H,46,53)(H,47,51)(H,48,52)/b19-9-/t32-,33-,38+,44+,45-/m1/s1. The number of rotatable bonds is 7. The predicted octanol–water partition coefficient (Wildman–Crippen LogP) is 6.66. The molecule has 3 N–H and O–H groups in total. The third-order valence-electron chi connectivity index (χ3n) is 11.5. The molecule has 0 bridgehead atoms. The number of alkyl carbamates (subject to hydrolysis) is 1. The Labute approximate surface area is 339 Å². The van der Waals surface area contributed by atoms with Gasteiger partial charge in [0.05, 0.1) is 17.6 Å². The van der Waals surface area contributed by atoms with Gasteiger partial charge in [0.2, 0.25) is 11.8 Å². The van der Waals surface area contributed by atoms with Crippen LogP contribution in [-0.2, 0) is 40.5 Å². The van der Waals surface area contributed by atoms with Gasteiger partial charge in [-0.15, -0.1) is 0 Å². The summed E-state index contributed by atoms with van der Waals surface area (Å²) in [5.74, 6) is -2.44. The molecular weight excluding hydrogens is 757 g/mol. The Morgan fingerprint density at radius 3 is 2.22 bits per heavy atom. The largest absolute Gasteiger partial charge is 0.444 e. The van der Waals surface area contributed by atoms with E-state index in [1.807, 2.05) is 48.6 Å². The van der Waals surface area contributed by atoms with E-state index in [-0.39, 0.29) is 30.9 Å². The Morgan fingerprint density at radius 2 is 1.55 bits per heavy atom. The summed E-state index contributed by atoms with van der Waals surface area (Å²) in [6.45, 7) is 7.08. The number of hydrogen-bond acceptors (Lipinski definition) is 8. The third kappa shape index (κ3) is 8.61. The predicted molar refractivity (Wildman–Crippen MR) is 221 cm³/mol. The maximum Gasteiger partial charge on any atom is 0.408 e. The number of nitrogens with zero attached hydrogens (tertiary/aromatic N) is 1. The van der Waals surface area contributed by atoms with Gasteiger partial charge in [-0.2, -0.15) is 0 Å². The van der Waals surface area contributed by atoms with Crippen LogP contribution in [0.2, 0.25) is 0 Å². The molecule has 12 nitrogen and oxygen atoms in total. The first-order valence-corrected chi connectivity index (χ1v) is 21.5. The minimum atomic E-state index is -4.26. The Morgan fingerprint density at radius 1 is 0.897 bits per heavy atom. The van der Waals surface area contributed by atoms with Crippen molar-refractivity contribution in [1.82, 2.24) is 20.3 Å². The zero-order valence-electron chi connectivity index (χ0n) is 33.5. The highest BCUT2D eigenvalue weighted by atomic mass is 32.2. The fourth-order valence-electron chi connectivity index (χ4n) is 8.28. The Bertz CT molecular complexity index is 2310. The molecule has 0 radical (unpaired) electrons. The van der Waals surface area contributed by atoms with Gasteiger partial charge in [-0.05, 0) is 98.7 Å². The zero-order chi connectivity index (χ0) is 41.3. The van der Waals surface area contributed by atoms with Crippen molar-refractivity contribution in [3.05, 3.63) is 103 Å². The van der Waals surface area contributed by atoms with Crippen molar-refractivity contribution in [3.8, 4) is 0 Å². The van der Waals surface area contributed by atoms with Gasteiger partial charge in [0.25, 0.3) is 15.9 Å². The average Bonchev–Trinajstić information content (AvgIpc) is 3.77. The number of carbonyl (C=O) groups is 4. The summed E-state index contributed by atoms with van der Waals surface area (Å²) in [7, 11) is -4.26. The van der Waals surface area contributed by atoms with Gasteiger partial charge in [-0.1, -0.05) is 91.7 Å². The lowest BCUT2D eigenvalue weighted by atomic mass is 9.94. The van der Waals surface area contributed by atoms with E-state index in [4.69, 9.17) is 9.47 Å². The number of benzene rings is 4. The molecular formula is C45H52N4O8S. The fraction of sp³-hybridized carbons (Fsp3) is 0.422. The highest BCUT2D eigenvalue weighted by Gasteiger charge is 2.63. The molecule has 2 heterocycles. The number of amides is 4. The van der Waals surface area contributed by atoms with Crippen molar-refractivity contribution in [2.45, 2.75) is 113 Å². The monoisotopic (exact) mass is 808 g/mol. The molecule has 0 aromatic heterocycles. The van der Waals surface area contributed by atoms with E-state index in [0.717, 1.165) is 39.9 Å². The Hall–Kier alpha value is -5.27. The second kappa shape index (κ2) is 16.2. The van der Waals surface area contributed by atoms with Gasteiger partial charge in [0.15, 0.2) is 0 Å². The van der Waals surface area contributed by atoms with Crippen LogP contribution < -0.4 is 15.4 Å². The van der Waals surface area contributed by atoms with E-state index in [0.29, 0.717) is 19.3 Å². The molecule has 306 valence electrons. The molecule has 3 aliphatic rings. The SMILES string of the molecule is CC(C)(C)OC(=O)N[C@H]1CCCCC/C=C\[C@@H]2C[C@@]2(C(=O)NS(=O)(=O)c2ccccc2)NC(=O)[C@]2(C)C[C@@H](OCc3c4ccccc4cc4ccccc34)CN2C1=O. The van der Waals surface area contributed by atoms with Crippen LogP contribution in [0.25, 0.3) is 21.5 Å². The van der Waals surface area contributed by atoms with Crippen LogP contribution in [-0.4, -0.2) is 72.5 Å². The first-order chi connectivity index (χ1) is 27.6. The maximum absolute atomic E-state index is 14.8. The molecule has 4 aromatic carbocycles. The second-order valence-electron chi connectivity index (χ2n) is 16.9. The van der Waals surface area contributed by atoms with Crippen molar-refractivity contribution in [3.63, 3.8) is 0 Å². The molecule has 4 amide bonds. The number of sulfonamides is 1. The van der Waals surface area contributed by atoms with Gasteiger partial charge in [0.1, 0.15) is 22.7 Å². The quantitative estimate of drug-likeness (QED) is 0.138. The molecule has 0 unspecified atom stereocenters. The van der Waals surface area contributed by atoms with Crippen LogP contribution in [0.1, 0.15) is 78.2 Å². The molecule has 5 atom stereocenters. The minimum absolute atomic E-state index is 0.0306. The summed E-state index contributed by atoms with van der Waals surface area (Å²) < 4.78 is 41.1. The van der Waals surface area contributed by atoms with Crippen LogP contribution in [0.15, 0.2) is 102 Å². The number of ether oxygens (including phenoxy) is 2. The molecule has 1 aliphatic carbocycles. The van der Waals surface area contributed by atoms with Gasteiger partial charge >= 0.3 is 6.09 Å². The summed E-state index contributed by atoms with van der Waals surface area (Å²) in [6, 6.07) is 24.8. The van der Waals surface area contributed by atoms with Crippen molar-refractivity contribution in [1.29, 1.82) is 0 Å². The van der Waals surface area contributed by atoms with Crippen LogP contribution in [0, 0.1) is 5.92 Å². The number of hydrogen-bond donors (Lipinski definition) is 3. The highest BCUT2D eigenvalue weighted by molar-refractivity contribution is 7.90. The van der Waals surface area contributed by atoms with Gasteiger partial charge in [0, 0.05) is 18.9 Å². The lowest BCUT2D eigenvalue weighted by Gasteiger charge is -2.37. The normalized spacial score (nSPS) is 26.1. The molecule has 58 heavy (non-hydrogen) atoms. The Balaban J connectivity index is 1.22. The first kappa shape index (κ1) is 40.9. The summed E-state index contributed by atoms with van der Waals surface area (Å²) >= 11 is 0.